The Hall–Kier alpha value is -3.79. The molecule has 7 fully saturated rings. The van der Waals surface area contributed by atoms with E-state index in [1.54, 1.807) is 11.8 Å². The summed E-state index contributed by atoms with van der Waals surface area (Å²) >= 11 is 0. The highest BCUT2D eigenvalue weighted by molar-refractivity contribution is 7.87. The molecular formula is C42H63N7O8S. The van der Waals surface area contributed by atoms with E-state index in [0.29, 0.717) is 57.3 Å². The summed E-state index contributed by atoms with van der Waals surface area (Å²) in [6, 6.07) is -3.84. The van der Waals surface area contributed by atoms with Crippen LogP contribution in [0, 0.1) is 28.1 Å². The summed E-state index contributed by atoms with van der Waals surface area (Å²) in [6.45, 7) is 16.7. The predicted molar refractivity (Wildman–Crippen MR) is 215 cm³/mol. The van der Waals surface area contributed by atoms with Gasteiger partial charge in [0.05, 0.1) is 0 Å². The molecule has 2 spiro atoms. The predicted octanol–water partition coefficient (Wildman–Crippen LogP) is 2.44. The van der Waals surface area contributed by atoms with Crippen molar-refractivity contribution in [3.8, 4) is 0 Å². The molecule has 0 aromatic heterocycles. The third-order valence-corrected chi connectivity index (χ3v) is 17.3. The molecular weight excluding hydrogens is 763 g/mol. The van der Waals surface area contributed by atoms with Gasteiger partial charge in [0, 0.05) is 44.4 Å². The Kier molecular flexibility index (Phi) is 11.2. The number of rotatable bonds is 13. The molecule has 6 amide bonds. The van der Waals surface area contributed by atoms with Crippen LogP contribution in [-0.2, 0) is 39.0 Å². The van der Waals surface area contributed by atoms with Crippen LogP contribution in [0.15, 0.2) is 24.8 Å². The van der Waals surface area contributed by atoms with E-state index >= 15 is 0 Å². The Morgan fingerprint density at radius 1 is 0.776 bits per heavy atom. The maximum Gasteiger partial charge on any atom is 0.303 e. The van der Waals surface area contributed by atoms with Crippen molar-refractivity contribution < 1.29 is 37.2 Å². The molecule has 4 N–H and O–H groups in total. The van der Waals surface area contributed by atoms with E-state index in [-0.39, 0.29) is 46.9 Å². The minimum atomic E-state index is -4.13. The van der Waals surface area contributed by atoms with E-state index < -0.39 is 69.5 Å². The van der Waals surface area contributed by atoms with Crippen molar-refractivity contribution in [1.82, 2.24) is 34.8 Å². The quantitative estimate of drug-likeness (QED) is 0.204. The highest BCUT2D eigenvalue weighted by Gasteiger charge is 2.85. The van der Waals surface area contributed by atoms with Crippen molar-refractivity contribution >= 4 is 45.7 Å². The number of carbonyl (C=O) groups is 6. The lowest BCUT2D eigenvalue weighted by molar-refractivity contribution is -0.142. The van der Waals surface area contributed by atoms with Crippen LogP contribution in [0.1, 0.15) is 118 Å². The normalized spacial score (nSPS) is 32.2. The molecule has 0 radical (unpaired) electrons. The maximum absolute atomic E-state index is 15.0. The first kappa shape index (κ1) is 42.3. The van der Waals surface area contributed by atoms with E-state index in [9.17, 15) is 37.2 Å². The number of carbonyl (C=O) groups excluding carboxylic acids is 6. The molecule has 3 heterocycles. The molecule has 4 aliphatic carbocycles. The van der Waals surface area contributed by atoms with E-state index in [1.807, 2.05) is 0 Å². The molecule has 16 heteroatoms. The van der Waals surface area contributed by atoms with E-state index in [0.717, 1.165) is 51.4 Å². The number of hydrogen-bond donors (Lipinski definition) is 4. The van der Waals surface area contributed by atoms with Crippen molar-refractivity contribution in [3.63, 3.8) is 0 Å². The summed E-state index contributed by atoms with van der Waals surface area (Å²) in [7, 11) is -4.13. The zero-order chi connectivity index (χ0) is 42.0. The average molecular weight is 826 g/mol. The van der Waals surface area contributed by atoms with E-state index in [4.69, 9.17) is 0 Å². The molecule has 7 rings (SSSR count). The van der Waals surface area contributed by atoms with Crippen LogP contribution in [0.25, 0.3) is 0 Å². The Bertz CT molecular complexity index is 1870. The van der Waals surface area contributed by atoms with E-state index in [1.165, 1.54) is 22.2 Å². The van der Waals surface area contributed by atoms with Crippen molar-refractivity contribution in [3.05, 3.63) is 24.8 Å². The van der Waals surface area contributed by atoms with Crippen LogP contribution >= 0.6 is 0 Å². The molecule has 0 bridgehead atoms. The second kappa shape index (κ2) is 15.3. The molecule has 0 aromatic carbocycles. The van der Waals surface area contributed by atoms with Crippen LogP contribution in [0.2, 0.25) is 0 Å². The van der Waals surface area contributed by atoms with Gasteiger partial charge in [-0.05, 0) is 93.5 Å². The van der Waals surface area contributed by atoms with Gasteiger partial charge in [0.2, 0.25) is 29.5 Å². The van der Waals surface area contributed by atoms with Gasteiger partial charge >= 0.3 is 10.2 Å². The number of likely N-dealkylation sites (tertiary alicyclic amines) is 2. The lowest BCUT2D eigenvalue weighted by Gasteiger charge is -2.34. The molecule has 3 saturated heterocycles. The van der Waals surface area contributed by atoms with Crippen LogP contribution in [0.5, 0.6) is 0 Å². The van der Waals surface area contributed by atoms with Gasteiger partial charge in [0.15, 0.2) is 0 Å². The highest BCUT2D eigenvalue weighted by Crippen LogP contribution is 2.88. The molecule has 320 valence electrons. The summed E-state index contributed by atoms with van der Waals surface area (Å²) in [4.78, 5) is 86.9. The fourth-order valence-corrected chi connectivity index (χ4v) is 13.2. The van der Waals surface area contributed by atoms with Gasteiger partial charge in [0.25, 0.3) is 5.91 Å². The Labute approximate surface area is 343 Å². The lowest BCUT2D eigenvalue weighted by atomic mass is 9.73. The minimum Gasteiger partial charge on any atom is -0.342 e. The highest BCUT2D eigenvalue weighted by atomic mass is 32.2. The number of fused-ring (bicyclic) bond motifs is 1. The number of nitrogens with zero attached hydrogens (tertiary/aromatic N) is 3. The van der Waals surface area contributed by atoms with Crippen LogP contribution in [0.3, 0.4) is 0 Å². The van der Waals surface area contributed by atoms with Gasteiger partial charge < -0.3 is 25.8 Å². The number of nitrogens with one attached hydrogen (secondary N) is 4. The third kappa shape index (κ3) is 6.87. The molecule has 3 aliphatic heterocycles. The maximum atomic E-state index is 15.0. The Balaban J connectivity index is 1.14. The van der Waals surface area contributed by atoms with Gasteiger partial charge in [-0.15, -0.1) is 6.58 Å². The number of amides is 6. The van der Waals surface area contributed by atoms with Crippen molar-refractivity contribution in [2.24, 2.45) is 28.1 Å². The monoisotopic (exact) mass is 825 g/mol. The molecule has 0 aromatic rings. The van der Waals surface area contributed by atoms with Crippen molar-refractivity contribution in [1.29, 1.82) is 0 Å². The summed E-state index contributed by atoms with van der Waals surface area (Å²) in [6.07, 6.45) is 11.9. The fraction of sp³-hybridized carbons (Fsp3) is 0.762. The van der Waals surface area contributed by atoms with E-state index in [2.05, 4.69) is 47.7 Å². The lowest BCUT2D eigenvalue weighted by Crippen LogP contribution is -2.61. The van der Waals surface area contributed by atoms with Gasteiger partial charge in [-0.3, -0.25) is 28.8 Å². The van der Waals surface area contributed by atoms with Gasteiger partial charge in [-0.25, -0.2) is 4.72 Å². The van der Waals surface area contributed by atoms with Crippen LogP contribution in [0.4, 0.5) is 0 Å². The molecule has 7 atom stereocenters. The molecule has 15 nitrogen and oxygen atoms in total. The van der Waals surface area contributed by atoms with Gasteiger partial charge in [-0.1, -0.05) is 52.2 Å². The second-order valence-corrected chi connectivity index (χ2v) is 20.6. The zero-order valence-corrected chi connectivity index (χ0v) is 35.5. The van der Waals surface area contributed by atoms with Crippen molar-refractivity contribution in [2.45, 2.75) is 147 Å². The summed E-state index contributed by atoms with van der Waals surface area (Å²) in [5.41, 5.74) is -1.80. The largest absolute Gasteiger partial charge is 0.342 e. The smallest absolute Gasteiger partial charge is 0.303 e. The standard InChI is InChI=1S/C42H63N7O8S/c1-7-29-23-42(29,38(55)46-58(56,57)47-20-11-12-21-47)45-35(52)31-24-41(39(5,6)40(41)18-14-19-40)25-49(31)37(54)32(26(2)3)43-36(53)33(28-15-9-8-10-16-28)44-34(51)30-17-13-22-48(30)27(4)50/h7,28-33H,1-2,8-25H2,3-6H3,(H,43,53)(H,44,51)(H,45,52)(H,46,55)/t29-,30+,31+,32+,33+,41-,42-/m1/s1. The van der Waals surface area contributed by atoms with Crippen molar-refractivity contribution in [2.75, 3.05) is 26.2 Å². The SMILES string of the molecule is C=C[C@@H]1C[C@]1(NC(=O)[C@@H]1C[C@@]2(CN1C(=O)[C@@H](NC(=O)[C@@H](NC(=O)[C@@H]1CCCN1C(C)=O)C1CCCCC1)C(=C)C)C(C)(C)C21CCC1)C(=O)NS(=O)(=O)N1CCCC1. The third-order valence-electron chi connectivity index (χ3n) is 15.8. The Morgan fingerprint density at radius 3 is 2.00 bits per heavy atom. The molecule has 58 heavy (non-hydrogen) atoms. The topological polar surface area (TPSA) is 194 Å². The van der Waals surface area contributed by atoms with Gasteiger partial charge in [0.1, 0.15) is 29.7 Å². The first-order valence-electron chi connectivity index (χ1n) is 21.5. The first-order valence-corrected chi connectivity index (χ1v) is 22.9. The molecule has 4 saturated carbocycles. The summed E-state index contributed by atoms with van der Waals surface area (Å²) in [5.74, 6) is -3.70. The van der Waals surface area contributed by atoms with Gasteiger partial charge in [-0.2, -0.15) is 12.7 Å². The first-order chi connectivity index (χ1) is 27.4. The second-order valence-electron chi connectivity index (χ2n) is 18.9. The fourth-order valence-electron chi connectivity index (χ4n) is 11.9. The average Bonchev–Trinajstić information content (AvgIpc) is 3.59. The molecule has 0 unspecified atom stereocenters. The summed E-state index contributed by atoms with van der Waals surface area (Å²) in [5, 5.41) is 8.83. The number of hydrogen-bond acceptors (Lipinski definition) is 8. The Morgan fingerprint density at radius 2 is 1.45 bits per heavy atom. The van der Waals surface area contributed by atoms with Crippen LogP contribution in [-0.4, -0.2) is 114 Å². The van der Waals surface area contributed by atoms with Crippen LogP contribution < -0.4 is 20.7 Å². The summed E-state index contributed by atoms with van der Waals surface area (Å²) < 4.78 is 29.7. The molecule has 7 aliphatic rings. The zero-order valence-electron chi connectivity index (χ0n) is 34.7. The minimum absolute atomic E-state index is 0.0536.